The van der Waals surface area contributed by atoms with E-state index in [2.05, 4.69) is 10.3 Å². The number of nitrogens with one attached hydrogen (secondary N) is 1. The van der Waals surface area contributed by atoms with Gasteiger partial charge in [0.1, 0.15) is 6.10 Å². The van der Waals surface area contributed by atoms with Crippen molar-refractivity contribution >= 4 is 28.3 Å². The van der Waals surface area contributed by atoms with E-state index in [4.69, 9.17) is 9.84 Å². The first-order valence-corrected chi connectivity index (χ1v) is 5.66. The molecule has 1 fully saturated rings. The predicted molar refractivity (Wildman–Crippen MR) is 56.7 cm³/mol. The zero-order chi connectivity index (χ0) is 11.5. The molecule has 0 aromatic carbocycles. The summed E-state index contributed by atoms with van der Waals surface area (Å²) >= 11 is 1.09. The fraction of sp³-hybridized carbons (Fsp3) is 0.444. The SMILES string of the molecule is O=C(O)c1csc(NC(=O)C2CCCO2)n1. The first kappa shape index (κ1) is 11.0. The zero-order valence-corrected chi connectivity index (χ0v) is 9.12. The molecule has 16 heavy (non-hydrogen) atoms. The van der Waals surface area contributed by atoms with E-state index in [9.17, 15) is 9.59 Å². The van der Waals surface area contributed by atoms with E-state index < -0.39 is 12.1 Å². The van der Waals surface area contributed by atoms with Gasteiger partial charge in [-0.1, -0.05) is 0 Å². The Hall–Kier alpha value is -1.47. The quantitative estimate of drug-likeness (QED) is 0.824. The summed E-state index contributed by atoms with van der Waals surface area (Å²) in [4.78, 5) is 25.9. The van der Waals surface area contributed by atoms with E-state index in [1.165, 1.54) is 5.38 Å². The molecule has 1 saturated heterocycles. The molecule has 2 N–H and O–H groups in total. The fourth-order valence-electron chi connectivity index (χ4n) is 1.40. The molecule has 0 aliphatic carbocycles. The Bertz CT molecular complexity index is 411. The maximum Gasteiger partial charge on any atom is 0.355 e. The maximum atomic E-state index is 11.6. The van der Waals surface area contributed by atoms with Gasteiger partial charge in [0.25, 0.3) is 5.91 Å². The van der Waals surface area contributed by atoms with Crippen LogP contribution in [0.15, 0.2) is 5.38 Å². The summed E-state index contributed by atoms with van der Waals surface area (Å²) in [7, 11) is 0. The van der Waals surface area contributed by atoms with Crippen molar-refractivity contribution in [3.8, 4) is 0 Å². The predicted octanol–water partition coefficient (Wildman–Crippen LogP) is 0.959. The van der Waals surface area contributed by atoms with Crippen molar-refractivity contribution in [2.45, 2.75) is 18.9 Å². The molecule has 0 spiro atoms. The number of anilines is 1. The van der Waals surface area contributed by atoms with Gasteiger partial charge in [0.15, 0.2) is 10.8 Å². The number of aromatic carboxylic acids is 1. The molecule has 2 rings (SSSR count). The Morgan fingerprint density at radius 1 is 1.62 bits per heavy atom. The number of carboxylic acids is 1. The lowest BCUT2D eigenvalue weighted by Gasteiger charge is -2.07. The summed E-state index contributed by atoms with van der Waals surface area (Å²) in [5, 5.41) is 12.9. The van der Waals surface area contributed by atoms with Gasteiger partial charge in [0, 0.05) is 12.0 Å². The van der Waals surface area contributed by atoms with Crippen LogP contribution in [-0.4, -0.2) is 34.7 Å². The number of carbonyl (C=O) groups is 2. The highest BCUT2D eigenvalue weighted by Crippen LogP contribution is 2.18. The molecule has 0 bridgehead atoms. The molecule has 6 nitrogen and oxygen atoms in total. The minimum Gasteiger partial charge on any atom is -0.476 e. The van der Waals surface area contributed by atoms with E-state index in [-0.39, 0.29) is 16.7 Å². The normalized spacial score (nSPS) is 19.6. The molecule has 2 heterocycles. The number of ether oxygens (including phenoxy) is 1. The van der Waals surface area contributed by atoms with Crippen LogP contribution in [0.25, 0.3) is 0 Å². The molecule has 1 aromatic rings. The van der Waals surface area contributed by atoms with Crippen LogP contribution in [0.1, 0.15) is 23.3 Å². The number of carboxylic acid groups (broad SMARTS) is 1. The summed E-state index contributed by atoms with van der Waals surface area (Å²) < 4.78 is 5.19. The molecule has 1 aliphatic heterocycles. The molecular formula is C9H10N2O4S. The van der Waals surface area contributed by atoms with Gasteiger partial charge in [-0.15, -0.1) is 11.3 Å². The van der Waals surface area contributed by atoms with E-state index in [0.29, 0.717) is 13.0 Å². The van der Waals surface area contributed by atoms with Gasteiger partial charge < -0.3 is 9.84 Å². The molecule has 86 valence electrons. The summed E-state index contributed by atoms with van der Waals surface area (Å²) in [5.74, 6) is -1.36. The van der Waals surface area contributed by atoms with Gasteiger partial charge in [-0.25, -0.2) is 9.78 Å². The summed E-state index contributed by atoms with van der Waals surface area (Å²) in [5.41, 5.74) is -0.0624. The highest BCUT2D eigenvalue weighted by atomic mass is 32.1. The minimum absolute atomic E-state index is 0.0624. The standard InChI is InChI=1S/C9H10N2O4S/c12-7(6-2-1-3-15-6)11-9-10-5(4-16-9)8(13)14/h4,6H,1-3H2,(H,13,14)(H,10,11,12). The van der Waals surface area contributed by atoms with Crippen molar-refractivity contribution in [1.82, 2.24) is 4.98 Å². The Labute approximate surface area is 95.3 Å². The molecule has 1 atom stereocenters. The third-order valence-electron chi connectivity index (χ3n) is 2.18. The van der Waals surface area contributed by atoms with Crippen molar-refractivity contribution < 1.29 is 19.4 Å². The summed E-state index contributed by atoms with van der Waals surface area (Å²) in [6, 6.07) is 0. The Morgan fingerprint density at radius 3 is 3.00 bits per heavy atom. The third kappa shape index (κ3) is 2.37. The molecule has 0 saturated carbocycles. The van der Waals surface area contributed by atoms with E-state index in [1.807, 2.05) is 0 Å². The van der Waals surface area contributed by atoms with Gasteiger partial charge in [-0.3, -0.25) is 10.1 Å². The largest absolute Gasteiger partial charge is 0.476 e. The average Bonchev–Trinajstić information content (AvgIpc) is 2.87. The van der Waals surface area contributed by atoms with Gasteiger partial charge in [-0.2, -0.15) is 0 Å². The van der Waals surface area contributed by atoms with Crippen molar-refractivity contribution in [1.29, 1.82) is 0 Å². The Morgan fingerprint density at radius 2 is 2.44 bits per heavy atom. The van der Waals surface area contributed by atoms with E-state index in [1.54, 1.807) is 0 Å². The summed E-state index contributed by atoms with van der Waals surface area (Å²) in [6.07, 6.45) is 1.14. The first-order chi connectivity index (χ1) is 7.66. The van der Waals surface area contributed by atoms with Crippen LogP contribution in [0.4, 0.5) is 5.13 Å². The van der Waals surface area contributed by atoms with Crippen LogP contribution < -0.4 is 5.32 Å². The number of amides is 1. The second-order valence-corrected chi connectivity index (χ2v) is 4.19. The van der Waals surface area contributed by atoms with Gasteiger partial charge in [0.05, 0.1) is 0 Å². The number of carbonyl (C=O) groups excluding carboxylic acids is 1. The maximum absolute atomic E-state index is 11.6. The number of rotatable bonds is 3. The van der Waals surface area contributed by atoms with Crippen molar-refractivity contribution in [2.75, 3.05) is 11.9 Å². The third-order valence-corrected chi connectivity index (χ3v) is 2.93. The Balaban J connectivity index is 1.97. The van der Waals surface area contributed by atoms with Crippen molar-refractivity contribution in [3.63, 3.8) is 0 Å². The highest BCUT2D eigenvalue weighted by molar-refractivity contribution is 7.14. The lowest BCUT2D eigenvalue weighted by molar-refractivity contribution is -0.124. The lowest BCUT2D eigenvalue weighted by Crippen LogP contribution is -2.26. The van der Waals surface area contributed by atoms with Gasteiger partial charge in [-0.05, 0) is 12.8 Å². The number of hydrogen-bond donors (Lipinski definition) is 2. The second kappa shape index (κ2) is 4.58. The average molecular weight is 242 g/mol. The van der Waals surface area contributed by atoms with Gasteiger partial charge in [0.2, 0.25) is 0 Å². The second-order valence-electron chi connectivity index (χ2n) is 3.33. The van der Waals surface area contributed by atoms with Crippen molar-refractivity contribution in [3.05, 3.63) is 11.1 Å². The van der Waals surface area contributed by atoms with Crippen LogP contribution in [0, 0.1) is 0 Å². The molecular weight excluding hydrogens is 232 g/mol. The van der Waals surface area contributed by atoms with Crippen LogP contribution in [0.3, 0.4) is 0 Å². The lowest BCUT2D eigenvalue weighted by atomic mass is 10.2. The van der Waals surface area contributed by atoms with Crippen LogP contribution in [-0.2, 0) is 9.53 Å². The topological polar surface area (TPSA) is 88.5 Å². The minimum atomic E-state index is -1.10. The zero-order valence-electron chi connectivity index (χ0n) is 8.30. The first-order valence-electron chi connectivity index (χ1n) is 4.78. The Kier molecular flexibility index (Phi) is 3.16. The molecule has 1 aliphatic rings. The highest BCUT2D eigenvalue weighted by Gasteiger charge is 2.24. The van der Waals surface area contributed by atoms with Crippen molar-refractivity contribution in [2.24, 2.45) is 0 Å². The smallest absolute Gasteiger partial charge is 0.355 e. The molecule has 1 unspecified atom stereocenters. The molecule has 1 aromatic heterocycles. The fourth-order valence-corrected chi connectivity index (χ4v) is 2.09. The molecule has 1 amide bonds. The number of aromatic nitrogens is 1. The van der Waals surface area contributed by atoms with Crippen LogP contribution in [0.5, 0.6) is 0 Å². The molecule has 7 heteroatoms. The number of thiazole rings is 1. The molecule has 0 radical (unpaired) electrons. The monoisotopic (exact) mass is 242 g/mol. The van der Waals surface area contributed by atoms with E-state index >= 15 is 0 Å². The van der Waals surface area contributed by atoms with Gasteiger partial charge >= 0.3 is 5.97 Å². The summed E-state index contributed by atoms with van der Waals surface area (Å²) in [6.45, 7) is 0.594. The van der Waals surface area contributed by atoms with E-state index in [0.717, 1.165) is 17.8 Å². The van der Waals surface area contributed by atoms with Crippen LogP contribution >= 0.6 is 11.3 Å². The number of hydrogen-bond acceptors (Lipinski definition) is 5. The number of nitrogens with zero attached hydrogens (tertiary/aromatic N) is 1. The van der Waals surface area contributed by atoms with Crippen LogP contribution in [0.2, 0.25) is 0 Å².